The minimum absolute atomic E-state index is 0.0814. The lowest BCUT2D eigenvalue weighted by atomic mass is 10.1. The van der Waals surface area contributed by atoms with E-state index >= 15 is 0 Å². The van der Waals surface area contributed by atoms with Crippen molar-refractivity contribution in [2.45, 2.75) is 32.4 Å². The molecule has 0 saturated heterocycles. The first-order chi connectivity index (χ1) is 9.72. The van der Waals surface area contributed by atoms with Crippen LogP contribution >= 0.6 is 15.9 Å². The molecule has 1 aromatic carbocycles. The standard InChI is InChI=1S/C15H20BrN3O/c1-2-9-19-15(13(16)11-18-19)14(17)8-10-20-12-6-4-3-5-7-12/h3-7,11,14H,2,8-10,17H2,1H3. The maximum Gasteiger partial charge on any atom is 0.119 e. The van der Waals surface area contributed by atoms with Crippen molar-refractivity contribution in [3.8, 4) is 5.75 Å². The van der Waals surface area contributed by atoms with Crippen LogP contribution in [0, 0.1) is 0 Å². The SMILES string of the molecule is CCCn1ncc(Br)c1C(N)CCOc1ccccc1. The average molecular weight is 338 g/mol. The summed E-state index contributed by atoms with van der Waals surface area (Å²) in [6.45, 7) is 3.60. The smallest absolute Gasteiger partial charge is 0.119 e. The third-order valence-electron chi connectivity index (χ3n) is 3.06. The highest BCUT2D eigenvalue weighted by atomic mass is 79.9. The van der Waals surface area contributed by atoms with Crippen LogP contribution in [0.3, 0.4) is 0 Å². The molecule has 1 atom stereocenters. The number of benzene rings is 1. The topological polar surface area (TPSA) is 53.1 Å². The second kappa shape index (κ2) is 7.45. The molecule has 5 heteroatoms. The van der Waals surface area contributed by atoms with E-state index in [4.69, 9.17) is 10.5 Å². The minimum atomic E-state index is -0.0814. The molecular weight excluding hydrogens is 318 g/mol. The van der Waals surface area contributed by atoms with Gasteiger partial charge >= 0.3 is 0 Å². The summed E-state index contributed by atoms with van der Waals surface area (Å²) in [4.78, 5) is 0. The predicted octanol–water partition coefficient (Wildman–Crippen LogP) is 3.52. The van der Waals surface area contributed by atoms with Gasteiger partial charge in [-0.1, -0.05) is 25.1 Å². The maximum atomic E-state index is 6.26. The summed E-state index contributed by atoms with van der Waals surface area (Å²) in [5.41, 5.74) is 7.31. The lowest BCUT2D eigenvalue weighted by Gasteiger charge is -2.15. The van der Waals surface area contributed by atoms with E-state index < -0.39 is 0 Å². The molecule has 0 aliphatic rings. The number of halogens is 1. The molecule has 0 fully saturated rings. The quantitative estimate of drug-likeness (QED) is 0.840. The van der Waals surface area contributed by atoms with E-state index in [1.54, 1.807) is 0 Å². The lowest BCUT2D eigenvalue weighted by Crippen LogP contribution is -2.19. The molecule has 20 heavy (non-hydrogen) atoms. The van der Waals surface area contributed by atoms with Crippen LogP contribution in [0.5, 0.6) is 5.75 Å². The summed E-state index contributed by atoms with van der Waals surface area (Å²) < 4.78 is 8.63. The zero-order valence-corrected chi connectivity index (χ0v) is 13.2. The van der Waals surface area contributed by atoms with Gasteiger partial charge in [0.2, 0.25) is 0 Å². The average Bonchev–Trinajstić information content (AvgIpc) is 2.81. The Labute approximate surface area is 128 Å². The van der Waals surface area contributed by atoms with Crippen LogP contribution < -0.4 is 10.5 Å². The molecule has 0 amide bonds. The van der Waals surface area contributed by atoms with Crippen molar-refractivity contribution in [3.63, 3.8) is 0 Å². The van der Waals surface area contributed by atoms with Crippen LogP contribution in [0.1, 0.15) is 31.5 Å². The minimum Gasteiger partial charge on any atom is -0.494 e. The Morgan fingerprint density at radius 3 is 2.80 bits per heavy atom. The predicted molar refractivity (Wildman–Crippen MR) is 83.7 cm³/mol. The molecular formula is C15H20BrN3O. The second-order valence-electron chi connectivity index (χ2n) is 4.66. The summed E-state index contributed by atoms with van der Waals surface area (Å²) in [6.07, 6.45) is 3.60. The molecule has 108 valence electrons. The van der Waals surface area contributed by atoms with Gasteiger partial charge in [-0.15, -0.1) is 0 Å². The molecule has 0 aliphatic heterocycles. The molecule has 1 aromatic heterocycles. The zero-order valence-electron chi connectivity index (χ0n) is 11.6. The highest BCUT2D eigenvalue weighted by Gasteiger charge is 2.16. The first kappa shape index (κ1) is 15.1. The van der Waals surface area contributed by atoms with Gasteiger partial charge in [-0.25, -0.2) is 0 Å². The first-order valence-corrected chi connectivity index (χ1v) is 7.66. The van der Waals surface area contributed by atoms with Crippen LogP contribution in [0.25, 0.3) is 0 Å². The number of rotatable bonds is 7. The maximum absolute atomic E-state index is 6.26. The summed E-state index contributed by atoms with van der Waals surface area (Å²) in [7, 11) is 0. The van der Waals surface area contributed by atoms with Gasteiger partial charge in [0.05, 0.1) is 29.0 Å². The highest BCUT2D eigenvalue weighted by molar-refractivity contribution is 9.10. The molecule has 4 nitrogen and oxygen atoms in total. The molecule has 0 radical (unpaired) electrons. The summed E-state index contributed by atoms with van der Waals surface area (Å²) in [6, 6.07) is 9.71. The molecule has 1 heterocycles. The first-order valence-electron chi connectivity index (χ1n) is 6.87. The van der Waals surface area contributed by atoms with Gasteiger partial charge < -0.3 is 10.5 Å². The normalized spacial score (nSPS) is 12.3. The summed E-state index contributed by atoms with van der Waals surface area (Å²) >= 11 is 3.52. The number of ether oxygens (including phenoxy) is 1. The van der Waals surface area contributed by atoms with Crippen LogP contribution in [0.2, 0.25) is 0 Å². The Hall–Kier alpha value is -1.33. The van der Waals surface area contributed by atoms with Crippen molar-refractivity contribution in [1.82, 2.24) is 9.78 Å². The molecule has 0 saturated carbocycles. The fourth-order valence-corrected chi connectivity index (χ4v) is 2.68. The second-order valence-corrected chi connectivity index (χ2v) is 5.51. The van der Waals surface area contributed by atoms with Gasteiger partial charge in [-0.2, -0.15) is 5.10 Å². The summed E-state index contributed by atoms with van der Waals surface area (Å²) in [5, 5.41) is 4.34. The number of para-hydroxylation sites is 1. The van der Waals surface area contributed by atoms with E-state index in [1.807, 2.05) is 41.2 Å². The molecule has 2 aromatic rings. The molecule has 0 bridgehead atoms. The molecule has 2 rings (SSSR count). The van der Waals surface area contributed by atoms with Crippen molar-refractivity contribution >= 4 is 15.9 Å². The Balaban J connectivity index is 1.91. The Bertz CT molecular complexity index is 527. The van der Waals surface area contributed by atoms with Gasteiger partial charge in [0.25, 0.3) is 0 Å². The van der Waals surface area contributed by atoms with Crippen LogP contribution in [-0.4, -0.2) is 16.4 Å². The van der Waals surface area contributed by atoms with Crippen LogP contribution in [0.15, 0.2) is 41.0 Å². The van der Waals surface area contributed by atoms with E-state index in [2.05, 4.69) is 28.0 Å². The van der Waals surface area contributed by atoms with E-state index in [0.29, 0.717) is 6.61 Å². The Kier molecular flexibility index (Phi) is 5.61. The number of hydrogen-bond acceptors (Lipinski definition) is 3. The van der Waals surface area contributed by atoms with E-state index in [1.165, 1.54) is 0 Å². The van der Waals surface area contributed by atoms with Crippen molar-refractivity contribution in [1.29, 1.82) is 0 Å². The number of nitrogens with zero attached hydrogens (tertiary/aromatic N) is 2. The number of hydrogen-bond donors (Lipinski definition) is 1. The molecule has 1 unspecified atom stereocenters. The van der Waals surface area contributed by atoms with E-state index in [0.717, 1.165) is 35.3 Å². The van der Waals surface area contributed by atoms with Gasteiger partial charge in [-0.05, 0) is 34.5 Å². The van der Waals surface area contributed by atoms with E-state index in [9.17, 15) is 0 Å². The van der Waals surface area contributed by atoms with E-state index in [-0.39, 0.29) is 6.04 Å². The van der Waals surface area contributed by atoms with Gasteiger partial charge in [0, 0.05) is 13.0 Å². The Morgan fingerprint density at radius 2 is 2.10 bits per heavy atom. The van der Waals surface area contributed by atoms with Gasteiger partial charge in [0.1, 0.15) is 5.75 Å². The van der Waals surface area contributed by atoms with Crippen LogP contribution in [-0.2, 0) is 6.54 Å². The Morgan fingerprint density at radius 1 is 1.35 bits per heavy atom. The van der Waals surface area contributed by atoms with Gasteiger partial charge in [0.15, 0.2) is 0 Å². The van der Waals surface area contributed by atoms with Crippen LogP contribution in [0.4, 0.5) is 0 Å². The van der Waals surface area contributed by atoms with Crippen molar-refractivity contribution < 1.29 is 4.74 Å². The van der Waals surface area contributed by atoms with Crippen molar-refractivity contribution in [2.24, 2.45) is 5.73 Å². The number of aromatic nitrogens is 2. The number of aryl methyl sites for hydroxylation is 1. The van der Waals surface area contributed by atoms with Crippen molar-refractivity contribution in [2.75, 3.05) is 6.61 Å². The molecule has 0 aliphatic carbocycles. The zero-order chi connectivity index (χ0) is 14.4. The highest BCUT2D eigenvalue weighted by Crippen LogP contribution is 2.24. The monoisotopic (exact) mass is 337 g/mol. The molecule has 0 spiro atoms. The third kappa shape index (κ3) is 3.84. The molecule has 2 N–H and O–H groups in total. The fourth-order valence-electron chi connectivity index (χ4n) is 2.09. The van der Waals surface area contributed by atoms with Gasteiger partial charge in [-0.3, -0.25) is 4.68 Å². The lowest BCUT2D eigenvalue weighted by molar-refractivity contribution is 0.295. The third-order valence-corrected chi connectivity index (χ3v) is 3.67. The largest absolute Gasteiger partial charge is 0.494 e. The number of nitrogens with two attached hydrogens (primary N) is 1. The van der Waals surface area contributed by atoms with Crippen molar-refractivity contribution in [3.05, 3.63) is 46.7 Å². The summed E-state index contributed by atoms with van der Waals surface area (Å²) in [5.74, 6) is 0.876. The fraction of sp³-hybridized carbons (Fsp3) is 0.400.